The van der Waals surface area contributed by atoms with Crippen LogP contribution in [0.2, 0.25) is 0 Å². The molecule has 3 rings (SSSR count). The van der Waals surface area contributed by atoms with Crippen molar-refractivity contribution < 1.29 is 0 Å². The van der Waals surface area contributed by atoms with Crippen LogP contribution in [0.5, 0.6) is 0 Å². The average molecular weight is 275 g/mol. The second-order valence-electron chi connectivity index (χ2n) is 3.62. The zero-order valence-electron chi connectivity index (χ0n) is 9.49. The molecular formula is C11H9N5S2. The molecule has 18 heavy (non-hydrogen) atoms. The summed E-state index contributed by atoms with van der Waals surface area (Å²) in [6, 6.07) is 3.89. The van der Waals surface area contributed by atoms with Crippen LogP contribution in [0.4, 0.5) is 5.13 Å². The van der Waals surface area contributed by atoms with Gasteiger partial charge in [0.05, 0.1) is 10.6 Å². The molecule has 0 unspecified atom stereocenters. The second-order valence-corrected chi connectivity index (χ2v) is 5.63. The molecule has 0 aromatic carbocycles. The van der Waals surface area contributed by atoms with Crippen molar-refractivity contribution in [2.24, 2.45) is 0 Å². The molecule has 0 spiro atoms. The van der Waals surface area contributed by atoms with Crippen LogP contribution in [0.1, 0.15) is 5.69 Å². The van der Waals surface area contributed by atoms with Crippen LogP contribution in [-0.2, 0) is 0 Å². The fourth-order valence-corrected chi connectivity index (χ4v) is 3.32. The molecule has 0 amide bonds. The minimum absolute atomic E-state index is 0.473. The van der Waals surface area contributed by atoms with Gasteiger partial charge in [-0.15, -0.1) is 21.5 Å². The molecule has 0 fully saturated rings. The van der Waals surface area contributed by atoms with Crippen LogP contribution < -0.4 is 5.73 Å². The maximum atomic E-state index is 5.60. The van der Waals surface area contributed by atoms with Crippen LogP contribution in [0.3, 0.4) is 0 Å². The van der Waals surface area contributed by atoms with Crippen LogP contribution >= 0.6 is 22.7 Å². The number of aromatic nitrogens is 4. The maximum absolute atomic E-state index is 5.60. The highest BCUT2D eigenvalue weighted by Crippen LogP contribution is 2.36. The van der Waals surface area contributed by atoms with Crippen molar-refractivity contribution in [2.75, 3.05) is 5.73 Å². The first-order valence-electron chi connectivity index (χ1n) is 5.21. The Labute approximate surface area is 111 Å². The van der Waals surface area contributed by atoms with E-state index in [1.54, 1.807) is 23.7 Å². The van der Waals surface area contributed by atoms with E-state index in [1.165, 1.54) is 11.3 Å². The van der Waals surface area contributed by atoms with Crippen LogP contribution in [-0.4, -0.2) is 20.2 Å². The first-order valence-corrected chi connectivity index (χ1v) is 6.84. The van der Waals surface area contributed by atoms with E-state index in [2.05, 4.69) is 20.2 Å². The van der Waals surface area contributed by atoms with E-state index in [0.717, 1.165) is 26.1 Å². The van der Waals surface area contributed by atoms with E-state index in [1.807, 2.05) is 19.1 Å². The van der Waals surface area contributed by atoms with Crippen molar-refractivity contribution in [2.45, 2.75) is 6.92 Å². The lowest BCUT2D eigenvalue weighted by molar-refractivity contribution is 1.10. The van der Waals surface area contributed by atoms with Gasteiger partial charge in [0.2, 0.25) is 5.13 Å². The lowest BCUT2D eigenvalue weighted by Gasteiger charge is -1.91. The molecule has 90 valence electrons. The highest BCUT2D eigenvalue weighted by molar-refractivity contribution is 7.24. The molecule has 0 radical (unpaired) electrons. The molecule has 3 aromatic rings. The van der Waals surface area contributed by atoms with E-state index in [0.29, 0.717) is 5.13 Å². The van der Waals surface area contributed by atoms with Crippen molar-refractivity contribution >= 4 is 27.8 Å². The lowest BCUT2D eigenvalue weighted by Crippen LogP contribution is -1.80. The van der Waals surface area contributed by atoms with E-state index in [4.69, 9.17) is 5.73 Å². The summed E-state index contributed by atoms with van der Waals surface area (Å²) < 4.78 is 0. The number of aryl methyl sites for hydroxylation is 1. The minimum Gasteiger partial charge on any atom is -0.374 e. The number of nitrogen functional groups attached to an aromatic ring is 1. The van der Waals surface area contributed by atoms with Gasteiger partial charge in [-0.2, -0.15) is 0 Å². The summed E-state index contributed by atoms with van der Waals surface area (Å²) in [7, 11) is 0. The maximum Gasteiger partial charge on any atom is 0.203 e. The summed E-state index contributed by atoms with van der Waals surface area (Å²) in [5, 5.41) is 10.1. The van der Waals surface area contributed by atoms with E-state index >= 15 is 0 Å². The monoisotopic (exact) mass is 275 g/mol. The summed E-state index contributed by atoms with van der Waals surface area (Å²) in [4.78, 5) is 9.66. The predicted octanol–water partition coefficient (Wildman–Crippen LogP) is 2.61. The molecule has 0 aliphatic heterocycles. The fourth-order valence-electron chi connectivity index (χ4n) is 1.53. The Morgan fingerprint density at radius 2 is 2.06 bits per heavy atom. The van der Waals surface area contributed by atoms with Gasteiger partial charge in [0.15, 0.2) is 5.01 Å². The van der Waals surface area contributed by atoms with Gasteiger partial charge in [-0.3, -0.25) is 4.98 Å². The Morgan fingerprint density at radius 3 is 2.72 bits per heavy atom. The zero-order valence-corrected chi connectivity index (χ0v) is 11.1. The summed E-state index contributed by atoms with van der Waals surface area (Å²) in [6.07, 6.45) is 3.55. The van der Waals surface area contributed by atoms with Crippen LogP contribution in [0, 0.1) is 6.92 Å². The summed E-state index contributed by atoms with van der Waals surface area (Å²) in [5.74, 6) is 0. The van der Waals surface area contributed by atoms with E-state index in [9.17, 15) is 0 Å². The molecular weight excluding hydrogens is 266 g/mol. The van der Waals surface area contributed by atoms with Crippen molar-refractivity contribution in [1.29, 1.82) is 0 Å². The second kappa shape index (κ2) is 4.43. The first kappa shape index (κ1) is 11.2. The number of hydrogen-bond acceptors (Lipinski definition) is 7. The molecule has 0 saturated heterocycles. The van der Waals surface area contributed by atoms with E-state index in [-0.39, 0.29) is 0 Å². The summed E-state index contributed by atoms with van der Waals surface area (Å²) >= 11 is 2.95. The van der Waals surface area contributed by atoms with Crippen molar-refractivity contribution in [3.63, 3.8) is 0 Å². The first-order chi connectivity index (χ1) is 8.74. The van der Waals surface area contributed by atoms with Gasteiger partial charge < -0.3 is 5.73 Å². The molecule has 3 aromatic heterocycles. The number of pyridine rings is 1. The van der Waals surface area contributed by atoms with E-state index < -0.39 is 0 Å². The Kier molecular flexibility index (Phi) is 2.77. The molecule has 0 aliphatic carbocycles. The number of hydrogen-bond donors (Lipinski definition) is 1. The summed E-state index contributed by atoms with van der Waals surface area (Å²) in [6.45, 7) is 1.96. The summed E-state index contributed by atoms with van der Waals surface area (Å²) in [5.41, 5.74) is 7.55. The molecule has 0 saturated carbocycles. The Morgan fingerprint density at radius 1 is 1.17 bits per heavy atom. The highest BCUT2D eigenvalue weighted by atomic mass is 32.1. The minimum atomic E-state index is 0.473. The zero-order chi connectivity index (χ0) is 12.5. The highest BCUT2D eigenvalue weighted by Gasteiger charge is 2.14. The Hall–Kier alpha value is -1.86. The predicted molar refractivity (Wildman–Crippen MR) is 73.4 cm³/mol. The normalized spacial score (nSPS) is 10.7. The average Bonchev–Trinajstić information content (AvgIpc) is 2.97. The number of nitrogens with two attached hydrogens (primary N) is 1. The number of anilines is 1. The third-order valence-corrected chi connectivity index (χ3v) is 4.45. The van der Waals surface area contributed by atoms with Gasteiger partial charge in [0, 0.05) is 18.0 Å². The van der Waals surface area contributed by atoms with Gasteiger partial charge in [-0.05, 0) is 19.1 Å². The molecule has 2 N–H and O–H groups in total. The van der Waals surface area contributed by atoms with Crippen molar-refractivity contribution in [3.05, 3.63) is 30.2 Å². The van der Waals surface area contributed by atoms with Gasteiger partial charge in [-0.1, -0.05) is 11.3 Å². The van der Waals surface area contributed by atoms with Crippen molar-refractivity contribution in [1.82, 2.24) is 20.2 Å². The Balaban J connectivity index is 2.06. The number of rotatable bonds is 2. The van der Waals surface area contributed by atoms with Crippen LogP contribution in [0.25, 0.3) is 20.5 Å². The number of thiazole rings is 1. The molecule has 0 atom stereocenters. The molecule has 0 bridgehead atoms. The molecule has 7 heteroatoms. The molecule has 5 nitrogen and oxygen atoms in total. The van der Waals surface area contributed by atoms with Gasteiger partial charge in [-0.25, -0.2) is 4.98 Å². The van der Waals surface area contributed by atoms with Crippen molar-refractivity contribution in [3.8, 4) is 20.5 Å². The SMILES string of the molecule is Cc1nc(-c2cccnc2)sc1-c1nnc(N)s1. The topological polar surface area (TPSA) is 77.6 Å². The van der Waals surface area contributed by atoms with Gasteiger partial charge in [0.25, 0.3) is 0 Å². The lowest BCUT2D eigenvalue weighted by atomic mass is 10.3. The Bertz CT molecular complexity index is 674. The quantitative estimate of drug-likeness (QED) is 0.777. The largest absolute Gasteiger partial charge is 0.374 e. The van der Waals surface area contributed by atoms with Gasteiger partial charge >= 0.3 is 0 Å². The standard InChI is InChI=1S/C11H9N5S2/c1-6-8(10-15-16-11(12)18-10)17-9(14-6)7-3-2-4-13-5-7/h2-5H,1H3,(H2,12,16). The third kappa shape index (κ3) is 1.98. The molecule has 0 aliphatic rings. The fraction of sp³-hybridized carbons (Fsp3) is 0.0909. The molecule has 3 heterocycles. The van der Waals surface area contributed by atoms with Crippen LogP contribution in [0.15, 0.2) is 24.5 Å². The smallest absolute Gasteiger partial charge is 0.203 e. The van der Waals surface area contributed by atoms with Gasteiger partial charge in [0.1, 0.15) is 5.01 Å². The number of nitrogens with zero attached hydrogens (tertiary/aromatic N) is 4. The third-order valence-electron chi connectivity index (χ3n) is 2.34.